The molecule has 1 aromatic rings. The molecule has 1 aliphatic carbocycles. The molecule has 0 nitrogen and oxygen atoms in total. The van der Waals surface area contributed by atoms with Crippen LogP contribution in [-0.4, -0.2) is 6.17 Å². The average Bonchev–Trinajstić information content (AvgIpc) is 2.69. The quantitative estimate of drug-likeness (QED) is 0.556. The van der Waals surface area contributed by atoms with Gasteiger partial charge in [0.25, 0.3) is 0 Å². The Kier molecular flexibility index (Phi) is 1.23. The Morgan fingerprint density at radius 2 is 1.80 bits per heavy atom. The Labute approximate surface area is 59.7 Å². The zero-order valence-corrected chi connectivity index (χ0v) is 5.63. The summed E-state index contributed by atoms with van der Waals surface area (Å²) in [7, 11) is 0. The molecule has 0 saturated heterocycles. The smallest absolute Gasteiger partial charge is 0.108 e. The van der Waals surface area contributed by atoms with Crippen molar-refractivity contribution in [3.05, 3.63) is 35.9 Å². The van der Waals surface area contributed by atoms with E-state index in [9.17, 15) is 4.39 Å². The average molecular weight is 136 g/mol. The maximum atomic E-state index is 12.5. The van der Waals surface area contributed by atoms with Crippen LogP contribution in [0.4, 0.5) is 4.39 Å². The van der Waals surface area contributed by atoms with Crippen molar-refractivity contribution in [3.8, 4) is 0 Å². The Morgan fingerprint density at radius 3 is 2.30 bits per heavy atom. The third kappa shape index (κ3) is 0.919. The van der Waals surface area contributed by atoms with Crippen LogP contribution in [0.5, 0.6) is 0 Å². The molecule has 0 bridgehead atoms. The van der Waals surface area contributed by atoms with Gasteiger partial charge >= 0.3 is 0 Å². The fourth-order valence-corrected chi connectivity index (χ4v) is 1.21. The Bertz CT molecular complexity index is 217. The van der Waals surface area contributed by atoms with Crippen LogP contribution in [0.15, 0.2) is 30.3 Å². The van der Waals surface area contributed by atoms with E-state index in [0.29, 0.717) is 0 Å². The minimum absolute atomic E-state index is 0.209. The van der Waals surface area contributed by atoms with Crippen molar-refractivity contribution in [2.24, 2.45) is 0 Å². The molecule has 2 unspecified atom stereocenters. The molecule has 1 heteroatoms. The third-order valence-electron chi connectivity index (χ3n) is 1.94. The van der Waals surface area contributed by atoms with Crippen LogP contribution >= 0.6 is 0 Å². The first-order valence-corrected chi connectivity index (χ1v) is 3.57. The van der Waals surface area contributed by atoms with Crippen LogP contribution in [0.2, 0.25) is 0 Å². The van der Waals surface area contributed by atoms with Crippen molar-refractivity contribution in [2.45, 2.75) is 18.5 Å². The summed E-state index contributed by atoms with van der Waals surface area (Å²) < 4.78 is 12.5. The molecule has 2 rings (SSSR count). The van der Waals surface area contributed by atoms with Gasteiger partial charge in [-0.25, -0.2) is 4.39 Å². The molecule has 0 N–H and O–H groups in total. The molecule has 10 heavy (non-hydrogen) atoms. The molecular formula is C9H9F. The zero-order valence-electron chi connectivity index (χ0n) is 5.63. The molecule has 1 aromatic carbocycles. The van der Waals surface area contributed by atoms with E-state index in [-0.39, 0.29) is 5.92 Å². The van der Waals surface area contributed by atoms with Crippen molar-refractivity contribution in [1.29, 1.82) is 0 Å². The van der Waals surface area contributed by atoms with Crippen molar-refractivity contribution < 1.29 is 4.39 Å². The normalized spacial score (nSPS) is 30.1. The number of hydrogen-bond donors (Lipinski definition) is 0. The third-order valence-corrected chi connectivity index (χ3v) is 1.94. The highest BCUT2D eigenvalue weighted by Crippen LogP contribution is 2.43. The van der Waals surface area contributed by atoms with Gasteiger partial charge in [0.2, 0.25) is 0 Å². The second-order valence-corrected chi connectivity index (χ2v) is 2.77. The largest absolute Gasteiger partial charge is 0.247 e. The number of hydrogen-bond acceptors (Lipinski definition) is 0. The fourth-order valence-electron chi connectivity index (χ4n) is 1.21. The van der Waals surface area contributed by atoms with Gasteiger partial charge in [0, 0.05) is 5.92 Å². The van der Waals surface area contributed by atoms with E-state index in [0.717, 1.165) is 12.0 Å². The lowest BCUT2D eigenvalue weighted by Gasteiger charge is -1.93. The van der Waals surface area contributed by atoms with Gasteiger partial charge in [-0.2, -0.15) is 0 Å². The maximum Gasteiger partial charge on any atom is 0.108 e. The lowest BCUT2D eigenvalue weighted by Crippen LogP contribution is -1.79. The summed E-state index contributed by atoms with van der Waals surface area (Å²) in [5, 5.41) is 0. The fraction of sp³-hybridized carbons (Fsp3) is 0.333. The van der Waals surface area contributed by atoms with Gasteiger partial charge in [-0.05, 0) is 12.0 Å². The van der Waals surface area contributed by atoms with E-state index in [1.165, 1.54) is 0 Å². The molecule has 0 heterocycles. The topological polar surface area (TPSA) is 0 Å². The minimum atomic E-state index is -0.567. The second kappa shape index (κ2) is 2.08. The standard InChI is InChI=1S/C9H9F/c10-9-6-8(9)7-4-2-1-3-5-7/h1-5,8-9H,6H2. The summed E-state index contributed by atoms with van der Waals surface area (Å²) in [5.41, 5.74) is 1.15. The number of benzene rings is 1. The number of rotatable bonds is 1. The molecule has 1 aliphatic rings. The summed E-state index contributed by atoms with van der Waals surface area (Å²) in [5.74, 6) is 0.209. The first-order valence-electron chi connectivity index (χ1n) is 3.57. The van der Waals surface area contributed by atoms with Crippen molar-refractivity contribution in [3.63, 3.8) is 0 Å². The molecule has 0 amide bonds. The number of halogens is 1. The molecule has 0 aliphatic heterocycles. The van der Waals surface area contributed by atoms with Gasteiger partial charge in [0.1, 0.15) is 6.17 Å². The van der Waals surface area contributed by atoms with Crippen molar-refractivity contribution in [1.82, 2.24) is 0 Å². The van der Waals surface area contributed by atoms with Crippen molar-refractivity contribution >= 4 is 0 Å². The van der Waals surface area contributed by atoms with Gasteiger partial charge in [-0.15, -0.1) is 0 Å². The van der Waals surface area contributed by atoms with Gasteiger partial charge in [-0.3, -0.25) is 0 Å². The molecule has 52 valence electrons. The van der Waals surface area contributed by atoms with Gasteiger partial charge in [-0.1, -0.05) is 30.3 Å². The zero-order chi connectivity index (χ0) is 6.97. The van der Waals surface area contributed by atoms with Gasteiger partial charge in [0.15, 0.2) is 0 Å². The van der Waals surface area contributed by atoms with Crippen LogP contribution < -0.4 is 0 Å². The van der Waals surface area contributed by atoms with Crippen LogP contribution in [0.1, 0.15) is 17.9 Å². The van der Waals surface area contributed by atoms with Crippen molar-refractivity contribution in [2.75, 3.05) is 0 Å². The van der Waals surface area contributed by atoms with E-state index >= 15 is 0 Å². The molecule has 1 saturated carbocycles. The van der Waals surface area contributed by atoms with Gasteiger partial charge in [0.05, 0.1) is 0 Å². The lowest BCUT2D eigenvalue weighted by molar-refractivity contribution is 0.468. The van der Waals surface area contributed by atoms with Gasteiger partial charge < -0.3 is 0 Å². The first-order chi connectivity index (χ1) is 4.88. The Balaban J connectivity index is 2.20. The molecule has 0 aromatic heterocycles. The Morgan fingerprint density at radius 1 is 1.20 bits per heavy atom. The SMILES string of the molecule is FC1CC1c1ccccc1. The van der Waals surface area contributed by atoms with E-state index in [2.05, 4.69) is 0 Å². The molecule has 2 atom stereocenters. The molecule has 1 fully saturated rings. The summed E-state index contributed by atoms with van der Waals surface area (Å²) in [6.07, 6.45) is 0.159. The molecule has 0 radical (unpaired) electrons. The van der Waals surface area contributed by atoms with Crippen LogP contribution in [0.3, 0.4) is 0 Å². The minimum Gasteiger partial charge on any atom is -0.247 e. The Hall–Kier alpha value is -0.850. The maximum absolute atomic E-state index is 12.5. The summed E-state index contributed by atoms with van der Waals surface area (Å²) in [6.45, 7) is 0. The monoisotopic (exact) mass is 136 g/mol. The van der Waals surface area contributed by atoms with Crippen LogP contribution in [0.25, 0.3) is 0 Å². The van der Waals surface area contributed by atoms with E-state index in [1.807, 2.05) is 30.3 Å². The number of alkyl halides is 1. The summed E-state index contributed by atoms with van der Waals surface area (Å²) in [4.78, 5) is 0. The van der Waals surface area contributed by atoms with E-state index in [4.69, 9.17) is 0 Å². The van der Waals surface area contributed by atoms with E-state index in [1.54, 1.807) is 0 Å². The van der Waals surface area contributed by atoms with Crippen LogP contribution in [-0.2, 0) is 0 Å². The highest BCUT2D eigenvalue weighted by Gasteiger charge is 2.38. The molecular weight excluding hydrogens is 127 g/mol. The molecule has 0 spiro atoms. The highest BCUT2D eigenvalue weighted by atomic mass is 19.1. The van der Waals surface area contributed by atoms with E-state index < -0.39 is 6.17 Å². The lowest BCUT2D eigenvalue weighted by atomic mass is 10.1. The first kappa shape index (κ1) is 5.90. The highest BCUT2D eigenvalue weighted by molar-refractivity contribution is 5.26. The van der Waals surface area contributed by atoms with Crippen LogP contribution in [0, 0.1) is 0 Å². The summed E-state index contributed by atoms with van der Waals surface area (Å²) >= 11 is 0. The predicted molar refractivity (Wildman–Crippen MR) is 38.7 cm³/mol. The predicted octanol–water partition coefficient (Wildman–Crippen LogP) is 2.51. The second-order valence-electron chi connectivity index (χ2n) is 2.77. The summed E-state index contributed by atoms with van der Waals surface area (Å²) in [6, 6.07) is 9.86.